The fraction of sp³-hybridized carbons (Fsp3) is 0.500. The van der Waals surface area contributed by atoms with Crippen molar-refractivity contribution in [2.75, 3.05) is 16.8 Å². The fourth-order valence-electron chi connectivity index (χ4n) is 3.70. The predicted molar refractivity (Wildman–Crippen MR) is 89.9 cm³/mol. The quantitative estimate of drug-likeness (QED) is 0.891. The Morgan fingerprint density at radius 3 is 2.67 bits per heavy atom. The maximum Gasteiger partial charge on any atom is 0.306 e. The second kappa shape index (κ2) is 6.63. The maximum absolute atomic E-state index is 12.4. The number of aliphatic carboxylic acids is 1. The van der Waals surface area contributed by atoms with Gasteiger partial charge in [0.25, 0.3) is 0 Å². The molecule has 2 aliphatic rings. The summed E-state index contributed by atoms with van der Waals surface area (Å²) in [5.41, 5.74) is 2.67. The summed E-state index contributed by atoms with van der Waals surface area (Å²) in [6.45, 7) is 2.22. The van der Waals surface area contributed by atoms with Crippen LogP contribution in [-0.4, -0.2) is 29.4 Å². The van der Waals surface area contributed by atoms with Gasteiger partial charge in [0.1, 0.15) is 0 Å². The van der Waals surface area contributed by atoms with E-state index in [2.05, 4.69) is 5.32 Å². The van der Waals surface area contributed by atoms with Crippen LogP contribution >= 0.6 is 0 Å². The van der Waals surface area contributed by atoms with E-state index in [0.717, 1.165) is 30.5 Å². The van der Waals surface area contributed by atoms with Crippen LogP contribution in [0.3, 0.4) is 0 Å². The minimum absolute atomic E-state index is 0.0208. The molecule has 1 fully saturated rings. The lowest BCUT2D eigenvalue weighted by atomic mass is 9.81. The molecule has 1 aliphatic carbocycles. The summed E-state index contributed by atoms with van der Waals surface area (Å²) in [6, 6.07) is 5.57. The van der Waals surface area contributed by atoms with Crippen molar-refractivity contribution in [1.29, 1.82) is 0 Å². The average Bonchev–Trinajstić information content (AvgIpc) is 2.98. The summed E-state index contributed by atoms with van der Waals surface area (Å²) >= 11 is 0. The minimum atomic E-state index is -0.811. The topological polar surface area (TPSA) is 86.7 Å². The number of hydrogen-bond donors (Lipinski definition) is 2. The molecule has 1 saturated carbocycles. The van der Waals surface area contributed by atoms with Gasteiger partial charge in [-0.05, 0) is 49.4 Å². The summed E-state index contributed by atoms with van der Waals surface area (Å²) in [4.78, 5) is 36.9. The number of carboxylic acids is 1. The van der Waals surface area contributed by atoms with Crippen molar-refractivity contribution in [3.05, 3.63) is 23.8 Å². The van der Waals surface area contributed by atoms with E-state index in [-0.39, 0.29) is 17.7 Å². The highest BCUT2D eigenvalue weighted by molar-refractivity contribution is 5.96. The molecule has 2 amide bonds. The Morgan fingerprint density at radius 1 is 1.21 bits per heavy atom. The summed E-state index contributed by atoms with van der Waals surface area (Å²) in [5.74, 6) is -1.57. The zero-order chi connectivity index (χ0) is 17.3. The summed E-state index contributed by atoms with van der Waals surface area (Å²) < 4.78 is 0. The van der Waals surface area contributed by atoms with Gasteiger partial charge in [-0.25, -0.2) is 0 Å². The van der Waals surface area contributed by atoms with Gasteiger partial charge in [0.15, 0.2) is 0 Å². The van der Waals surface area contributed by atoms with E-state index in [0.29, 0.717) is 25.1 Å². The van der Waals surface area contributed by atoms with Gasteiger partial charge in [0, 0.05) is 30.8 Å². The van der Waals surface area contributed by atoms with E-state index < -0.39 is 11.9 Å². The first-order chi connectivity index (χ1) is 11.5. The van der Waals surface area contributed by atoms with Crippen LogP contribution in [0.4, 0.5) is 11.4 Å². The van der Waals surface area contributed by atoms with E-state index in [9.17, 15) is 14.4 Å². The molecule has 0 bridgehead atoms. The normalized spacial score (nSPS) is 22.8. The second-order valence-corrected chi connectivity index (χ2v) is 6.65. The number of anilines is 2. The molecule has 1 aromatic rings. The highest BCUT2D eigenvalue weighted by Gasteiger charge is 2.31. The first kappa shape index (κ1) is 16.5. The number of rotatable bonds is 3. The molecule has 6 nitrogen and oxygen atoms in total. The summed E-state index contributed by atoms with van der Waals surface area (Å²) in [6.07, 6.45) is 3.34. The molecule has 2 N–H and O–H groups in total. The number of amides is 2. The Hall–Kier alpha value is -2.37. The maximum atomic E-state index is 12.4. The number of benzene rings is 1. The van der Waals surface area contributed by atoms with Crippen molar-refractivity contribution in [1.82, 2.24) is 0 Å². The van der Waals surface area contributed by atoms with Crippen molar-refractivity contribution in [3.8, 4) is 0 Å². The SMILES string of the molecule is CC(=O)N1CCc2cc(NC(=O)C3CCCC(C(=O)O)C3)ccc21. The number of carboxylic acid groups (broad SMARTS) is 1. The Morgan fingerprint density at radius 2 is 1.96 bits per heavy atom. The number of carbonyl (C=O) groups is 3. The molecular formula is C18H22N2O4. The first-order valence-corrected chi connectivity index (χ1v) is 8.40. The molecule has 0 radical (unpaired) electrons. The number of nitrogens with zero attached hydrogens (tertiary/aromatic N) is 1. The molecule has 128 valence electrons. The van der Waals surface area contributed by atoms with Crippen LogP contribution in [0.15, 0.2) is 18.2 Å². The van der Waals surface area contributed by atoms with Crippen molar-refractivity contribution in [2.24, 2.45) is 11.8 Å². The molecule has 1 heterocycles. The molecule has 6 heteroatoms. The van der Waals surface area contributed by atoms with Gasteiger partial charge in [-0.1, -0.05) is 6.42 Å². The third-order valence-electron chi connectivity index (χ3n) is 5.02. The van der Waals surface area contributed by atoms with E-state index >= 15 is 0 Å². The van der Waals surface area contributed by atoms with Crippen LogP contribution in [0, 0.1) is 11.8 Å². The molecule has 24 heavy (non-hydrogen) atoms. The number of carbonyl (C=O) groups excluding carboxylic acids is 2. The molecule has 3 rings (SSSR count). The highest BCUT2D eigenvalue weighted by atomic mass is 16.4. The van der Waals surface area contributed by atoms with Gasteiger partial charge < -0.3 is 15.3 Å². The number of nitrogens with one attached hydrogen (secondary N) is 1. The lowest BCUT2D eigenvalue weighted by Gasteiger charge is -2.25. The monoisotopic (exact) mass is 330 g/mol. The second-order valence-electron chi connectivity index (χ2n) is 6.65. The number of fused-ring (bicyclic) bond motifs is 1. The van der Waals surface area contributed by atoms with Gasteiger partial charge in [0.2, 0.25) is 11.8 Å². The zero-order valence-corrected chi connectivity index (χ0v) is 13.7. The minimum Gasteiger partial charge on any atom is -0.481 e. The van der Waals surface area contributed by atoms with Gasteiger partial charge in [-0.3, -0.25) is 14.4 Å². The largest absolute Gasteiger partial charge is 0.481 e. The third kappa shape index (κ3) is 3.27. The molecule has 0 spiro atoms. The van der Waals surface area contributed by atoms with Crippen LogP contribution < -0.4 is 10.2 Å². The zero-order valence-electron chi connectivity index (χ0n) is 13.7. The van der Waals surface area contributed by atoms with Crippen molar-refractivity contribution < 1.29 is 19.5 Å². The highest BCUT2D eigenvalue weighted by Crippen LogP contribution is 2.32. The molecule has 2 unspecified atom stereocenters. The summed E-state index contributed by atoms with van der Waals surface area (Å²) in [5, 5.41) is 12.0. The fourth-order valence-corrected chi connectivity index (χ4v) is 3.70. The van der Waals surface area contributed by atoms with Crippen molar-refractivity contribution in [3.63, 3.8) is 0 Å². The van der Waals surface area contributed by atoms with E-state index in [1.165, 1.54) is 0 Å². The van der Waals surface area contributed by atoms with E-state index in [4.69, 9.17) is 5.11 Å². The Balaban J connectivity index is 1.67. The Labute approximate surface area is 140 Å². The average molecular weight is 330 g/mol. The Kier molecular flexibility index (Phi) is 4.55. The van der Waals surface area contributed by atoms with Gasteiger partial charge in [-0.2, -0.15) is 0 Å². The summed E-state index contributed by atoms with van der Waals surface area (Å²) in [7, 11) is 0. The lowest BCUT2D eigenvalue weighted by Crippen LogP contribution is -2.31. The van der Waals surface area contributed by atoms with Crippen molar-refractivity contribution in [2.45, 2.75) is 39.0 Å². The molecular weight excluding hydrogens is 308 g/mol. The molecule has 1 aromatic carbocycles. The van der Waals surface area contributed by atoms with Crippen LogP contribution in [0.1, 0.15) is 38.2 Å². The van der Waals surface area contributed by atoms with E-state index in [1.54, 1.807) is 17.9 Å². The molecule has 2 atom stereocenters. The Bertz CT molecular complexity index is 686. The van der Waals surface area contributed by atoms with Gasteiger partial charge >= 0.3 is 5.97 Å². The first-order valence-electron chi connectivity index (χ1n) is 8.40. The van der Waals surface area contributed by atoms with Crippen LogP contribution in [0.2, 0.25) is 0 Å². The van der Waals surface area contributed by atoms with Crippen LogP contribution in [0.5, 0.6) is 0 Å². The lowest BCUT2D eigenvalue weighted by molar-refractivity contribution is -0.143. The molecule has 0 aromatic heterocycles. The predicted octanol–water partition coefficient (Wildman–Crippen LogP) is 2.43. The standard InChI is InChI=1S/C18H22N2O4/c1-11(21)20-8-7-12-10-15(5-6-16(12)20)19-17(22)13-3-2-4-14(9-13)18(23)24/h5-6,10,13-14H,2-4,7-9H2,1H3,(H,19,22)(H,23,24). The van der Waals surface area contributed by atoms with E-state index in [1.807, 2.05) is 12.1 Å². The van der Waals surface area contributed by atoms with Crippen LogP contribution in [-0.2, 0) is 20.8 Å². The van der Waals surface area contributed by atoms with Gasteiger partial charge in [0.05, 0.1) is 5.92 Å². The van der Waals surface area contributed by atoms with Crippen molar-refractivity contribution >= 4 is 29.2 Å². The molecule has 0 saturated heterocycles. The van der Waals surface area contributed by atoms with Gasteiger partial charge in [-0.15, -0.1) is 0 Å². The molecule has 1 aliphatic heterocycles. The smallest absolute Gasteiger partial charge is 0.306 e. The number of hydrogen-bond acceptors (Lipinski definition) is 3. The van der Waals surface area contributed by atoms with Crippen LogP contribution in [0.25, 0.3) is 0 Å². The third-order valence-corrected chi connectivity index (χ3v) is 5.02.